The first kappa shape index (κ1) is 14.0. The lowest BCUT2D eigenvalue weighted by Gasteiger charge is -2.37. The third-order valence-electron chi connectivity index (χ3n) is 3.15. The predicted octanol–water partition coefficient (Wildman–Crippen LogP) is 2.25. The van der Waals surface area contributed by atoms with E-state index in [2.05, 4.69) is 9.36 Å². The van der Waals surface area contributed by atoms with E-state index in [1.165, 1.54) is 0 Å². The summed E-state index contributed by atoms with van der Waals surface area (Å²) < 4.78 is 40.5. The molecule has 0 aromatic carbocycles. The van der Waals surface area contributed by atoms with Gasteiger partial charge in [-0.2, -0.15) is 22.5 Å². The quantitative estimate of drug-likeness (QED) is 0.906. The molecule has 1 aromatic rings. The Morgan fingerprint density at radius 1 is 1.53 bits per heavy atom. The molecule has 1 unspecified atom stereocenters. The van der Waals surface area contributed by atoms with Gasteiger partial charge in [-0.15, -0.1) is 0 Å². The van der Waals surface area contributed by atoms with Gasteiger partial charge in [-0.1, -0.05) is 0 Å². The summed E-state index contributed by atoms with van der Waals surface area (Å²) in [5.74, 6) is -2.12. The number of piperidine rings is 1. The second-order valence-electron chi connectivity index (χ2n) is 4.79. The number of nitrogens with zero attached hydrogens (tertiary/aromatic N) is 3. The Balaban J connectivity index is 2.18. The highest BCUT2D eigenvalue weighted by Crippen LogP contribution is 2.35. The lowest BCUT2D eigenvalue weighted by molar-refractivity contribution is -0.148. The van der Waals surface area contributed by atoms with Crippen LogP contribution < -0.4 is 4.90 Å². The molecule has 106 valence electrons. The van der Waals surface area contributed by atoms with Gasteiger partial charge in [0.25, 0.3) is 0 Å². The number of halogens is 3. The molecule has 2 rings (SSSR count). The van der Waals surface area contributed by atoms with Gasteiger partial charge in [0.1, 0.15) is 0 Å². The number of rotatable bonds is 2. The smallest absolute Gasteiger partial charge is 0.452 e. The van der Waals surface area contributed by atoms with Crippen LogP contribution in [-0.4, -0.2) is 33.5 Å². The third kappa shape index (κ3) is 2.80. The fourth-order valence-corrected chi connectivity index (χ4v) is 2.75. The number of carbonyl (C=O) groups is 1. The summed E-state index contributed by atoms with van der Waals surface area (Å²) in [7, 11) is 0. The Hall–Kier alpha value is -1.38. The van der Waals surface area contributed by atoms with E-state index in [1.807, 2.05) is 0 Å². The maximum atomic E-state index is 12.4. The van der Waals surface area contributed by atoms with Gasteiger partial charge >= 0.3 is 12.1 Å². The Morgan fingerprint density at radius 2 is 2.21 bits per heavy atom. The first-order chi connectivity index (χ1) is 8.72. The molecule has 0 radical (unpaired) electrons. The minimum atomic E-state index is -4.57. The van der Waals surface area contributed by atoms with Crippen molar-refractivity contribution in [3.8, 4) is 0 Å². The molecule has 1 N–H and O–H groups in total. The molecular weight excluding hydrogens is 283 g/mol. The lowest BCUT2D eigenvalue weighted by atomic mass is 9.82. The summed E-state index contributed by atoms with van der Waals surface area (Å²) in [4.78, 5) is 16.2. The third-order valence-corrected chi connectivity index (χ3v) is 3.93. The minimum absolute atomic E-state index is 0.125. The number of hydrogen-bond acceptors (Lipinski definition) is 5. The fraction of sp³-hybridized carbons (Fsp3) is 0.700. The normalized spacial score (nSPS) is 24.5. The molecule has 1 aromatic heterocycles. The molecule has 9 heteroatoms. The van der Waals surface area contributed by atoms with E-state index < -0.39 is 23.4 Å². The number of aliphatic carboxylic acids is 1. The molecule has 1 fully saturated rings. The zero-order valence-corrected chi connectivity index (χ0v) is 10.9. The molecule has 0 amide bonds. The van der Waals surface area contributed by atoms with Crippen LogP contribution in [0.3, 0.4) is 0 Å². The standard InChI is InChI=1S/C10H12F3N3O2S/c1-9(7(17)18)3-2-4-16(5-9)8-14-6(15-19-8)10(11,12)13/h2-5H2,1H3,(H,17,18). The topological polar surface area (TPSA) is 66.3 Å². The second-order valence-corrected chi connectivity index (χ2v) is 5.52. The molecular formula is C10H12F3N3O2S. The number of hydrogen-bond donors (Lipinski definition) is 1. The van der Waals surface area contributed by atoms with Crippen molar-refractivity contribution < 1.29 is 23.1 Å². The van der Waals surface area contributed by atoms with Crippen molar-refractivity contribution in [2.75, 3.05) is 18.0 Å². The minimum Gasteiger partial charge on any atom is -0.481 e. The Morgan fingerprint density at radius 3 is 2.74 bits per heavy atom. The van der Waals surface area contributed by atoms with Crippen molar-refractivity contribution in [1.29, 1.82) is 0 Å². The molecule has 1 atom stereocenters. The number of anilines is 1. The second kappa shape index (κ2) is 4.62. The van der Waals surface area contributed by atoms with Crippen LogP contribution in [0.4, 0.5) is 18.3 Å². The fourth-order valence-electron chi connectivity index (χ4n) is 2.04. The van der Waals surface area contributed by atoms with Crippen molar-refractivity contribution in [2.24, 2.45) is 5.41 Å². The van der Waals surface area contributed by atoms with Crippen LogP contribution in [0.5, 0.6) is 0 Å². The molecule has 0 saturated carbocycles. The molecule has 0 aliphatic carbocycles. The van der Waals surface area contributed by atoms with E-state index in [0.717, 1.165) is 0 Å². The van der Waals surface area contributed by atoms with E-state index in [1.54, 1.807) is 11.8 Å². The first-order valence-corrected chi connectivity index (χ1v) is 6.39. The maximum absolute atomic E-state index is 12.4. The van der Waals surface area contributed by atoms with Gasteiger partial charge in [-0.05, 0) is 19.8 Å². The summed E-state index contributed by atoms with van der Waals surface area (Å²) in [6.07, 6.45) is -3.46. The molecule has 19 heavy (non-hydrogen) atoms. The highest BCUT2D eigenvalue weighted by Gasteiger charge is 2.40. The van der Waals surface area contributed by atoms with Crippen molar-refractivity contribution in [1.82, 2.24) is 9.36 Å². The van der Waals surface area contributed by atoms with E-state index in [0.29, 0.717) is 30.9 Å². The van der Waals surface area contributed by atoms with Gasteiger partial charge in [-0.3, -0.25) is 4.79 Å². The zero-order chi connectivity index (χ0) is 14.3. The molecule has 1 aliphatic rings. The van der Waals surface area contributed by atoms with Crippen LogP contribution >= 0.6 is 11.5 Å². The number of carboxylic acids is 1. The molecule has 2 heterocycles. The number of aromatic nitrogens is 2. The highest BCUT2D eigenvalue weighted by molar-refractivity contribution is 7.09. The molecule has 1 saturated heterocycles. The number of carboxylic acid groups (broad SMARTS) is 1. The molecule has 5 nitrogen and oxygen atoms in total. The van der Waals surface area contributed by atoms with E-state index in [9.17, 15) is 18.0 Å². The summed E-state index contributed by atoms with van der Waals surface area (Å²) >= 11 is 0.647. The van der Waals surface area contributed by atoms with Gasteiger partial charge in [-0.25, -0.2) is 0 Å². The van der Waals surface area contributed by atoms with Gasteiger partial charge in [0.05, 0.1) is 5.41 Å². The zero-order valence-electron chi connectivity index (χ0n) is 10.1. The lowest BCUT2D eigenvalue weighted by Crippen LogP contribution is -2.46. The Labute approximate surface area is 111 Å². The monoisotopic (exact) mass is 295 g/mol. The molecule has 0 bridgehead atoms. The van der Waals surface area contributed by atoms with Crippen LogP contribution in [0.15, 0.2) is 0 Å². The summed E-state index contributed by atoms with van der Waals surface area (Å²) in [6, 6.07) is 0. The van der Waals surface area contributed by atoms with Crippen LogP contribution in [-0.2, 0) is 11.0 Å². The van der Waals surface area contributed by atoms with E-state index in [4.69, 9.17) is 5.11 Å². The van der Waals surface area contributed by atoms with Crippen molar-refractivity contribution >= 4 is 22.6 Å². The van der Waals surface area contributed by atoms with Crippen LogP contribution in [0.1, 0.15) is 25.6 Å². The van der Waals surface area contributed by atoms with Gasteiger partial charge in [0, 0.05) is 24.6 Å². The van der Waals surface area contributed by atoms with Crippen LogP contribution in [0, 0.1) is 5.41 Å². The van der Waals surface area contributed by atoms with Crippen LogP contribution in [0.25, 0.3) is 0 Å². The Bertz CT molecular complexity index is 491. The van der Waals surface area contributed by atoms with Gasteiger partial charge in [0.2, 0.25) is 11.0 Å². The maximum Gasteiger partial charge on any atom is 0.452 e. The molecule has 0 spiro atoms. The predicted molar refractivity (Wildman–Crippen MR) is 62.1 cm³/mol. The van der Waals surface area contributed by atoms with Crippen LogP contribution in [0.2, 0.25) is 0 Å². The average molecular weight is 295 g/mol. The largest absolute Gasteiger partial charge is 0.481 e. The summed E-state index contributed by atoms with van der Waals surface area (Å²) in [5.41, 5.74) is -0.956. The Kier molecular flexibility index (Phi) is 3.41. The van der Waals surface area contributed by atoms with E-state index >= 15 is 0 Å². The number of alkyl halides is 3. The SMILES string of the molecule is CC1(C(=O)O)CCCN(c2nc(C(F)(F)F)ns2)C1. The van der Waals surface area contributed by atoms with Gasteiger partial charge < -0.3 is 10.0 Å². The van der Waals surface area contributed by atoms with E-state index in [-0.39, 0.29) is 11.7 Å². The van der Waals surface area contributed by atoms with Crippen molar-refractivity contribution in [3.63, 3.8) is 0 Å². The summed E-state index contributed by atoms with van der Waals surface area (Å²) in [5, 5.41) is 9.28. The molecule has 1 aliphatic heterocycles. The van der Waals surface area contributed by atoms with Crippen molar-refractivity contribution in [3.05, 3.63) is 5.82 Å². The highest BCUT2D eigenvalue weighted by atomic mass is 32.1. The average Bonchev–Trinajstić information content (AvgIpc) is 2.77. The van der Waals surface area contributed by atoms with Gasteiger partial charge in [0.15, 0.2) is 0 Å². The first-order valence-electron chi connectivity index (χ1n) is 5.62. The van der Waals surface area contributed by atoms with Crippen molar-refractivity contribution in [2.45, 2.75) is 25.9 Å². The summed E-state index contributed by atoms with van der Waals surface area (Å²) in [6.45, 7) is 2.23.